The fraction of sp³-hybridized carbons (Fsp3) is 0.267. The Labute approximate surface area is 151 Å². The first-order chi connectivity index (χ1) is 11.5. The van der Waals surface area contributed by atoms with Crippen LogP contribution >= 0.6 is 34.5 Å². The van der Waals surface area contributed by atoms with E-state index < -0.39 is 12.1 Å². The zero-order chi connectivity index (χ0) is 17.3. The van der Waals surface area contributed by atoms with Gasteiger partial charge in [0.25, 0.3) is 5.91 Å². The number of amides is 1. The maximum absolute atomic E-state index is 12.5. The summed E-state index contributed by atoms with van der Waals surface area (Å²) in [6.45, 7) is 0.516. The largest absolute Gasteiger partial charge is 0.479 e. The van der Waals surface area contributed by atoms with Crippen LogP contribution in [0.1, 0.15) is 10.5 Å². The number of thiazole rings is 1. The Bertz CT molecular complexity index is 796. The van der Waals surface area contributed by atoms with E-state index in [4.69, 9.17) is 33.0 Å². The minimum absolute atomic E-state index is 0.00271. The molecule has 1 amide bonds. The maximum Gasteiger partial charge on any atom is 0.334 e. The number of nitrogens with zero attached hydrogens (tertiary/aromatic N) is 2. The predicted molar refractivity (Wildman–Crippen MR) is 90.8 cm³/mol. The molecule has 0 unspecified atom stereocenters. The molecule has 1 fully saturated rings. The number of aromatic nitrogens is 1. The number of ether oxygens (including phenoxy) is 1. The van der Waals surface area contributed by atoms with Crippen molar-refractivity contribution in [3.05, 3.63) is 39.3 Å². The molecule has 1 aliphatic heterocycles. The first-order valence-corrected chi connectivity index (χ1v) is 8.64. The highest BCUT2D eigenvalue weighted by atomic mass is 35.5. The number of carbonyl (C=O) groups is 2. The number of carbonyl (C=O) groups excluding carboxylic acids is 1. The first kappa shape index (κ1) is 17.2. The fourth-order valence-electron chi connectivity index (χ4n) is 2.30. The third kappa shape index (κ3) is 3.54. The molecule has 0 radical (unpaired) electrons. The van der Waals surface area contributed by atoms with Crippen molar-refractivity contribution in [1.82, 2.24) is 9.88 Å². The van der Waals surface area contributed by atoms with E-state index in [1.807, 2.05) is 0 Å². The minimum Gasteiger partial charge on any atom is -0.479 e. The number of aliphatic carboxylic acids is 1. The highest BCUT2D eigenvalue weighted by Gasteiger charge is 2.30. The van der Waals surface area contributed by atoms with Crippen LogP contribution < -0.4 is 0 Å². The van der Waals surface area contributed by atoms with Gasteiger partial charge in [0.15, 0.2) is 6.10 Å². The number of halogens is 2. The van der Waals surface area contributed by atoms with Gasteiger partial charge in [-0.3, -0.25) is 4.79 Å². The Balaban J connectivity index is 1.80. The van der Waals surface area contributed by atoms with Crippen molar-refractivity contribution in [2.24, 2.45) is 0 Å². The van der Waals surface area contributed by atoms with Crippen LogP contribution in [0, 0.1) is 0 Å². The van der Waals surface area contributed by atoms with Gasteiger partial charge < -0.3 is 14.7 Å². The molecule has 1 atom stereocenters. The lowest BCUT2D eigenvalue weighted by atomic mass is 10.2. The molecule has 6 nitrogen and oxygen atoms in total. The number of hydrogen-bond donors (Lipinski definition) is 1. The molecular formula is C15H12Cl2N2O4S. The van der Waals surface area contributed by atoms with Crippen LogP contribution in [0.2, 0.25) is 10.0 Å². The Morgan fingerprint density at radius 2 is 2.17 bits per heavy atom. The topological polar surface area (TPSA) is 79.7 Å². The highest BCUT2D eigenvalue weighted by Crippen LogP contribution is 2.32. The summed E-state index contributed by atoms with van der Waals surface area (Å²) < 4.78 is 5.12. The molecule has 1 aromatic carbocycles. The SMILES string of the molecule is O=C(O)[C@@H]1CN(C(=O)c2csc(-c3ccc(Cl)cc3Cl)n2)CCO1. The van der Waals surface area contributed by atoms with Crippen molar-refractivity contribution in [3.8, 4) is 10.6 Å². The number of carboxylic acids is 1. The third-order valence-corrected chi connectivity index (χ3v) is 4.94. The Hall–Kier alpha value is -1.67. The van der Waals surface area contributed by atoms with E-state index in [2.05, 4.69) is 4.98 Å². The lowest BCUT2D eigenvalue weighted by Gasteiger charge is -2.30. The van der Waals surface area contributed by atoms with Gasteiger partial charge in [-0.05, 0) is 18.2 Å². The summed E-state index contributed by atoms with van der Waals surface area (Å²) in [5, 5.41) is 12.2. The molecule has 0 bridgehead atoms. The second-order valence-electron chi connectivity index (χ2n) is 5.11. The van der Waals surface area contributed by atoms with Gasteiger partial charge in [-0.1, -0.05) is 23.2 Å². The van der Waals surface area contributed by atoms with E-state index in [9.17, 15) is 9.59 Å². The maximum atomic E-state index is 12.5. The third-order valence-electron chi connectivity index (χ3n) is 3.51. The second kappa shape index (κ2) is 7.06. The van der Waals surface area contributed by atoms with Crippen LogP contribution in [0.25, 0.3) is 10.6 Å². The molecule has 1 N–H and O–H groups in total. The number of benzene rings is 1. The molecule has 3 rings (SSSR count). The van der Waals surface area contributed by atoms with Crippen LogP contribution in [0.3, 0.4) is 0 Å². The van der Waals surface area contributed by atoms with Crippen molar-refractivity contribution in [3.63, 3.8) is 0 Å². The first-order valence-electron chi connectivity index (χ1n) is 7.00. The van der Waals surface area contributed by atoms with Gasteiger partial charge in [0.05, 0.1) is 18.2 Å². The number of carboxylic acid groups (broad SMARTS) is 1. The van der Waals surface area contributed by atoms with Gasteiger partial charge in [0.1, 0.15) is 10.7 Å². The predicted octanol–water partition coefficient (Wildman–Crippen LogP) is 3.04. The lowest BCUT2D eigenvalue weighted by Crippen LogP contribution is -2.48. The van der Waals surface area contributed by atoms with Crippen LogP contribution in [0.15, 0.2) is 23.6 Å². The van der Waals surface area contributed by atoms with E-state index in [1.165, 1.54) is 16.2 Å². The van der Waals surface area contributed by atoms with Crippen molar-refractivity contribution in [2.45, 2.75) is 6.10 Å². The zero-order valence-electron chi connectivity index (χ0n) is 12.2. The van der Waals surface area contributed by atoms with Crippen molar-refractivity contribution >= 4 is 46.4 Å². The molecule has 1 aliphatic rings. The summed E-state index contributed by atoms with van der Waals surface area (Å²) in [6, 6.07) is 5.05. The number of rotatable bonds is 3. The summed E-state index contributed by atoms with van der Waals surface area (Å²) in [5.41, 5.74) is 0.947. The van der Waals surface area contributed by atoms with Gasteiger partial charge in [0, 0.05) is 22.5 Å². The zero-order valence-corrected chi connectivity index (χ0v) is 14.6. The van der Waals surface area contributed by atoms with E-state index >= 15 is 0 Å². The number of morpholine rings is 1. The van der Waals surface area contributed by atoms with Gasteiger partial charge >= 0.3 is 5.97 Å². The molecule has 1 aromatic heterocycles. The van der Waals surface area contributed by atoms with Gasteiger partial charge in [0.2, 0.25) is 0 Å². The molecule has 0 aliphatic carbocycles. The number of hydrogen-bond acceptors (Lipinski definition) is 5. The average Bonchev–Trinajstić information content (AvgIpc) is 3.04. The summed E-state index contributed by atoms with van der Waals surface area (Å²) >= 11 is 13.3. The smallest absolute Gasteiger partial charge is 0.334 e. The molecule has 9 heteroatoms. The fourth-order valence-corrected chi connectivity index (χ4v) is 3.69. The summed E-state index contributed by atoms with van der Waals surface area (Å²) in [6.07, 6.45) is -1.01. The standard InChI is InChI=1S/C15H12Cl2N2O4S/c16-8-1-2-9(10(17)5-8)13-18-11(7-24-13)14(20)19-3-4-23-12(6-19)15(21)22/h1-2,5,7,12H,3-4,6H2,(H,21,22)/t12-/m0/s1. The molecule has 126 valence electrons. The molecule has 0 saturated carbocycles. The summed E-state index contributed by atoms with van der Waals surface area (Å²) in [4.78, 5) is 29.3. The molecule has 2 heterocycles. The molecular weight excluding hydrogens is 375 g/mol. The van der Waals surface area contributed by atoms with E-state index in [1.54, 1.807) is 23.6 Å². The lowest BCUT2D eigenvalue weighted by molar-refractivity contribution is -0.154. The molecule has 0 spiro atoms. The van der Waals surface area contributed by atoms with Crippen molar-refractivity contribution in [1.29, 1.82) is 0 Å². The van der Waals surface area contributed by atoms with Gasteiger partial charge in [-0.2, -0.15) is 0 Å². The normalized spacial score (nSPS) is 17.8. The van der Waals surface area contributed by atoms with E-state index in [-0.39, 0.29) is 24.8 Å². The highest BCUT2D eigenvalue weighted by molar-refractivity contribution is 7.13. The Morgan fingerprint density at radius 3 is 2.88 bits per heavy atom. The Morgan fingerprint density at radius 1 is 1.38 bits per heavy atom. The average molecular weight is 387 g/mol. The quantitative estimate of drug-likeness (QED) is 0.876. The second-order valence-corrected chi connectivity index (χ2v) is 6.81. The van der Waals surface area contributed by atoms with Gasteiger partial charge in [-0.25, -0.2) is 9.78 Å². The van der Waals surface area contributed by atoms with Crippen LogP contribution in [0.4, 0.5) is 0 Å². The molecule has 2 aromatic rings. The van der Waals surface area contributed by atoms with Crippen LogP contribution in [0.5, 0.6) is 0 Å². The summed E-state index contributed by atoms with van der Waals surface area (Å²) in [7, 11) is 0. The Kier molecular flexibility index (Phi) is 5.05. The molecule has 24 heavy (non-hydrogen) atoms. The van der Waals surface area contributed by atoms with Crippen LogP contribution in [-0.4, -0.2) is 52.7 Å². The van der Waals surface area contributed by atoms with Crippen LogP contribution in [-0.2, 0) is 9.53 Å². The van der Waals surface area contributed by atoms with Crippen molar-refractivity contribution in [2.75, 3.05) is 19.7 Å². The van der Waals surface area contributed by atoms with Gasteiger partial charge in [-0.15, -0.1) is 11.3 Å². The van der Waals surface area contributed by atoms with Crippen molar-refractivity contribution < 1.29 is 19.4 Å². The summed E-state index contributed by atoms with van der Waals surface area (Å²) in [5.74, 6) is -1.41. The minimum atomic E-state index is -1.08. The molecule has 1 saturated heterocycles. The van der Waals surface area contributed by atoms with E-state index in [0.29, 0.717) is 27.2 Å². The van der Waals surface area contributed by atoms with E-state index in [0.717, 1.165) is 0 Å². The monoisotopic (exact) mass is 386 g/mol.